The molecule has 1 aromatic heterocycles. The molecule has 0 spiro atoms. The standard InChI is InChI=1S/C13H20N2O3.2ClH/c1-17-12-6-5-11(9-15-12)10(4-3-7-14)8-13(16)18-2;;/h5-6,9-10H,3-4,7-8,14H2,1-2H3;2*1H. The summed E-state index contributed by atoms with van der Waals surface area (Å²) in [6.45, 7) is 0.612. The molecule has 0 aliphatic carbocycles. The fraction of sp³-hybridized carbons (Fsp3) is 0.538. The summed E-state index contributed by atoms with van der Waals surface area (Å²) in [4.78, 5) is 15.5. The van der Waals surface area contributed by atoms with Crippen molar-refractivity contribution < 1.29 is 14.3 Å². The molecule has 0 saturated heterocycles. The predicted octanol–water partition coefficient (Wildman–Crippen LogP) is 2.32. The van der Waals surface area contributed by atoms with Crippen LogP contribution < -0.4 is 10.5 Å². The number of pyridine rings is 1. The number of halogens is 2. The van der Waals surface area contributed by atoms with Crippen LogP contribution in [-0.4, -0.2) is 31.7 Å². The number of rotatable bonds is 7. The second-order valence-electron chi connectivity index (χ2n) is 4.04. The van der Waals surface area contributed by atoms with Crippen molar-refractivity contribution in [2.45, 2.75) is 25.2 Å². The van der Waals surface area contributed by atoms with Crippen molar-refractivity contribution >= 4 is 30.8 Å². The zero-order chi connectivity index (χ0) is 13.4. The number of carbonyl (C=O) groups excluding carboxylic acids is 1. The molecule has 1 unspecified atom stereocenters. The Balaban J connectivity index is 0. The SMILES string of the molecule is COC(=O)CC(CCCN)c1ccc(OC)nc1.Cl.Cl. The molecule has 0 amide bonds. The quantitative estimate of drug-likeness (QED) is 0.779. The Hall–Kier alpha value is -1.04. The van der Waals surface area contributed by atoms with Gasteiger partial charge >= 0.3 is 5.97 Å². The van der Waals surface area contributed by atoms with Gasteiger partial charge in [0.1, 0.15) is 0 Å². The van der Waals surface area contributed by atoms with E-state index in [1.54, 1.807) is 19.4 Å². The second kappa shape index (κ2) is 11.8. The summed E-state index contributed by atoms with van der Waals surface area (Å²) in [5.41, 5.74) is 6.52. The minimum absolute atomic E-state index is 0. The van der Waals surface area contributed by atoms with Crippen LogP contribution in [0.2, 0.25) is 0 Å². The predicted molar refractivity (Wildman–Crippen MR) is 82.9 cm³/mol. The number of nitrogens with zero attached hydrogens (tertiary/aromatic N) is 1. The van der Waals surface area contributed by atoms with E-state index in [0.717, 1.165) is 18.4 Å². The molecule has 0 radical (unpaired) electrons. The van der Waals surface area contributed by atoms with Crippen LogP contribution in [0.5, 0.6) is 5.88 Å². The molecule has 5 nitrogen and oxygen atoms in total. The van der Waals surface area contributed by atoms with Crippen LogP contribution >= 0.6 is 24.8 Å². The molecule has 0 bridgehead atoms. The van der Waals surface area contributed by atoms with Crippen molar-refractivity contribution in [2.75, 3.05) is 20.8 Å². The van der Waals surface area contributed by atoms with Gasteiger partial charge in [-0.1, -0.05) is 6.07 Å². The smallest absolute Gasteiger partial charge is 0.306 e. The summed E-state index contributed by atoms with van der Waals surface area (Å²) < 4.78 is 9.72. The van der Waals surface area contributed by atoms with Crippen LogP contribution in [0.15, 0.2) is 18.3 Å². The maximum atomic E-state index is 11.4. The van der Waals surface area contributed by atoms with Gasteiger partial charge in [-0.2, -0.15) is 0 Å². The summed E-state index contributed by atoms with van der Waals surface area (Å²) in [7, 11) is 2.97. The minimum Gasteiger partial charge on any atom is -0.481 e. The first-order valence-electron chi connectivity index (χ1n) is 5.98. The molecule has 0 saturated carbocycles. The van der Waals surface area contributed by atoms with Crippen LogP contribution in [-0.2, 0) is 9.53 Å². The second-order valence-corrected chi connectivity index (χ2v) is 4.04. The van der Waals surface area contributed by atoms with Crippen molar-refractivity contribution in [3.8, 4) is 5.88 Å². The van der Waals surface area contributed by atoms with Gasteiger partial charge in [0.15, 0.2) is 0 Å². The van der Waals surface area contributed by atoms with E-state index in [9.17, 15) is 4.79 Å². The number of hydrogen-bond acceptors (Lipinski definition) is 5. The van der Waals surface area contributed by atoms with E-state index in [1.807, 2.05) is 6.07 Å². The molecule has 7 heteroatoms. The Morgan fingerprint density at radius 3 is 2.50 bits per heavy atom. The van der Waals surface area contributed by atoms with E-state index in [-0.39, 0.29) is 36.7 Å². The van der Waals surface area contributed by atoms with Crippen LogP contribution in [0.3, 0.4) is 0 Å². The van der Waals surface area contributed by atoms with E-state index >= 15 is 0 Å². The largest absolute Gasteiger partial charge is 0.481 e. The summed E-state index contributed by atoms with van der Waals surface area (Å²) in [5.74, 6) is 0.446. The third kappa shape index (κ3) is 6.93. The molecule has 0 aliphatic heterocycles. The first kappa shape index (κ1) is 21.3. The zero-order valence-corrected chi connectivity index (χ0v) is 13.3. The minimum atomic E-state index is -0.215. The average molecular weight is 325 g/mol. The van der Waals surface area contributed by atoms with Gasteiger partial charge in [-0.05, 0) is 30.9 Å². The Labute approximate surface area is 132 Å². The molecule has 116 valence electrons. The van der Waals surface area contributed by atoms with Gasteiger partial charge < -0.3 is 15.2 Å². The van der Waals surface area contributed by atoms with Gasteiger partial charge in [0.2, 0.25) is 5.88 Å². The molecule has 2 N–H and O–H groups in total. The summed E-state index contributed by atoms with van der Waals surface area (Å²) in [5, 5.41) is 0. The lowest BCUT2D eigenvalue weighted by Gasteiger charge is -2.15. The lowest BCUT2D eigenvalue weighted by Crippen LogP contribution is -2.11. The van der Waals surface area contributed by atoms with E-state index in [2.05, 4.69) is 4.98 Å². The van der Waals surface area contributed by atoms with Crippen molar-refractivity contribution in [2.24, 2.45) is 5.73 Å². The molecule has 1 heterocycles. The number of aromatic nitrogens is 1. The Kier molecular flexibility index (Phi) is 12.5. The highest BCUT2D eigenvalue weighted by atomic mass is 35.5. The van der Waals surface area contributed by atoms with E-state index in [0.29, 0.717) is 18.8 Å². The maximum Gasteiger partial charge on any atom is 0.306 e. The normalized spacial score (nSPS) is 10.8. The molecule has 0 aromatic carbocycles. The van der Waals surface area contributed by atoms with Crippen molar-refractivity contribution in [3.63, 3.8) is 0 Å². The molecular weight excluding hydrogens is 303 g/mol. The Morgan fingerprint density at radius 1 is 1.35 bits per heavy atom. The Morgan fingerprint density at radius 2 is 2.05 bits per heavy atom. The van der Waals surface area contributed by atoms with Crippen LogP contribution in [0.25, 0.3) is 0 Å². The highest BCUT2D eigenvalue weighted by Crippen LogP contribution is 2.25. The summed E-state index contributed by atoms with van der Waals surface area (Å²) in [6.07, 6.45) is 3.81. The number of esters is 1. The van der Waals surface area contributed by atoms with Gasteiger partial charge in [-0.25, -0.2) is 4.98 Å². The summed E-state index contributed by atoms with van der Waals surface area (Å²) >= 11 is 0. The molecule has 1 atom stereocenters. The van der Waals surface area contributed by atoms with Gasteiger partial charge in [0.05, 0.1) is 20.6 Å². The van der Waals surface area contributed by atoms with Gasteiger partial charge in [0, 0.05) is 12.3 Å². The van der Waals surface area contributed by atoms with Crippen LogP contribution in [0, 0.1) is 0 Å². The first-order valence-corrected chi connectivity index (χ1v) is 5.98. The molecule has 1 rings (SSSR count). The highest BCUT2D eigenvalue weighted by molar-refractivity contribution is 5.85. The Bertz CT molecular complexity index is 374. The average Bonchev–Trinajstić information content (AvgIpc) is 2.43. The monoisotopic (exact) mass is 324 g/mol. The van der Waals surface area contributed by atoms with E-state index in [1.165, 1.54) is 7.11 Å². The third-order valence-corrected chi connectivity index (χ3v) is 2.84. The van der Waals surface area contributed by atoms with Gasteiger partial charge in [-0.3, -0.25) is 4.79 Å². The van der Waals surface area contributed by atoms with Crippen molar-refractivity contribution in [3.05, 3.63) is 23.9 Å². The van der Waals surface area contributed by atoms with Crippen molar-refractivity contribution in [1.29, 1.82) is 0 Å². The lowest BCUT2D eigenvalue weighted by atomic mass is 9.92. The maximum absolute atomic E-state index is 11.4. The van der Waals surface area contributed by atoms with Crippen LogP contribution in [0.4, 0.5) is 0 Å². The van der Waals surface area contributed by atoms with Crippen LogP contribution in [0.1, 0.15) is 30.7 Å². The molecule has 1 aromatic rings. The number of hydrogen-bond donors (Lipinski definition) is 1. The fourth-order valence-electron chi connectivity index (χ4n) is 1.79. The number of ether oxygens (including phenoxy) is 2. The van der Waals surface area contributed by atoms with E-state index in [4.69, 9.17) is 15.2 Å². The number of nitrogens with two attached hydrogens (primary N) is 1. The molecule has 0 fully saturated rings. The molecule has 0 aliphatic rings. The zero-order valence-electron chi connectivity index (χ0n) is 11.7. The summed E-state index contributed by atoms with van der Waals surface area (Å²) in [6, 6.07) is 3.72. The number of methoxy groups -OCH3 is 2. The number of carbonyl (C=O) groups is 1. The topological polar surface area (TPSA) is 74.4 Å². The fourth-order valence-corrected chi connectivity index (χ4v) is 1.79. The first-order chi connectivity index (χ1) is 8.71. The molecule has 20 heavy (non-hydrogen) atoms. The lowest BCUT2D eigenvalue weighted by molar-refractivity contribution is -0.141. The van der Waals surface area contributed by atoms with Gasteiger partial charge in [-0.15, -0.1) is 24.8 Å². The highest BCUT2D eigenvalue weighted by Gasteiger charge is 2.16. The molecular formula is C13H22Cl2N2O3. The van der Waals surface area contributed by atoms with Crippen molar-refractivity contribution in [1.82, 2.24) is 4.98 Å². The van der Waals surface area contributed by atoms with E-state index < -0.39 is 0 Å². The van der Waals surface area contributed by atoms with Gasteiger partial charge in [0.25, 0.3) is 0 Å². The third-order valence-electron chi connectivity index (χ3n) is 2.84.